The third-order valence-electron chi connectivity index (χ3n) is 5.17. The second-order valence-electron chi connectivity index (χ2n) is 6.49. The van der Waals surface area contributed by atoms with Crippen LogP contribution >= 0.6 is 23.2 Å². The number of amides is 2. The maximum atomic E-state index is 12.6. The minimum Gasteiger partial charge on any atom is -0.465 e. The van der Waals surface area contributed by atoms with Crippen LogP contribution in [0.4, 0.5) is 4.79 Å². The summed E-state index contributed by atoms with van der Waals surface area (Å²) in [4.78, 5) is 25.5. The molecule has 1 saturated heterocycles. The van der Waals surface area contributed by atoms with Crippen LogP contribution in [-0.4, -0.2) is 34.7 Å². The smallest absolute Gasteiger partial charge is 0.408 e. The largest absolute Gasteiger partial charge is 0.465 e. The Morgan fingerprint density at radius 2 is 1.88 bits per heavy atom. The lowest BCUT2D eigenvalue weighted by Crippen LogP contribution is -2.50. The highest BCUT2D eigenvalue weighted by atomic mass is 35.5. The summed E-state index contributed by atoms with van der Waals surface area (Å²) in [6.45, 7) is 0.449. The van der Waals surface area contributed by atoms with Crippen LogP contribution in [0.25, 0.3) is 0 Å². The molecule has 7 heteroatoms. The number of nitrogens with zero attached hydrogens (tertiary/aromatic N) is 1. The van der Waals surface area contributed by atoms with Gasteiger partial charge in [-0.15, -0.1) is 0 Å². The van der Waals surface area contributed by atoms with E-state index in [1.807, 2.05) is 0 Å². The van der Waals surface area contributed by atoms with E-state index in [2.05, 4.69) is 5.32 Å². The van der Waals surface area contributed by atoms with Crippen LogP contribution in [0.3, 0.4) is 0 Å². The Bertz CT molecular complexity index is 647. The monoisotopic (exact) mass is 370 g/mol. The quantitative estimate of drug-likeness (QED) is 0.835. The highest BCUT2D eigenvalue weighted by Crippen LogP contribution is 2.39. The summed E-state index contributed by atoms with van der Waals surface area (Å²) in [5, 5.41) is 12.8. The minimum absolute atomic E-state index is 0.158. The Balaban J connectivity index is 1.81. The maximum absolute atomic E-state index is 12.6. The zero-order valence-electron chi connectivity index (χ0n) is 13.2. The van der Waals surface area contributed by atoms with Gasteiger partial charge in [-0.1, -0.05) is 55.0 Å². The molecule has 1 unspecified atom stereocenters. The fraction of sp³-hybridized carbons (Fsp3) is 0.529. The third-order valence-corrected chi connectivity index (χ3v) is 5.99. The van der Waals surface area contributed by atoms with E-state index >= 15 is 0 Å². The van der Waals surface area contributed by atoms with Gasteiger partial charge in [0.25, 0.3) is 5.91 Å². The molecule has 0 aromatic heterocycles. The first-order valence-corrected chi connectivity index (χ1v) is 8.99. The lowest BCUT2D eigenvalue weighted by Gasteiger charge is -2.30. The van der Waals surface area contributed by atoms with Gasteiger partial charge in [0.05, 0.1) is 15.6 Å². The number of hydrogen-bond acceptors (Lipinski definition) is 2. The summed E-state index contributed by atoms with van der Waals surface area (Å²) in [5.74, 6) is 0.239. The number of hydrogen-bond donors (Lipinski definition) is 2. The first-order valence-electron chi connectivity index (χ1n) is 8.23. The topological polar surface area (TPSA) is 69.6 Å². The predicted octanol–water partition coefficient (Wildman–Crippen LogP) is 4.24. The van der Waals surface area contributed by atoms with Crippen LogP contribution in [0.5, 0.6) is 0 Å². The van der Waals surface area contributed by atoms with Crippen molar-refractivity contribution in [1.29, 1.82) is 0 Å². The van der Waals surface area contributed by atoms with Crippen LogP contribution < -0.4 is 5.32 Å². The Hall–Kier alpha value is -1.46. The van der Waals surface area contributed by atoms with E-state index in [0.717, 1.165) is 19.3 Å². The molecule has 2 fully saturated rings. The Morgan fingerprint density at radius 1 is 1.17 bits per heavy atom. The lowest BCUT2D eigenvalue weighted by molar-refractivity contribution is 0.0815. The van der Waals surface area contributed by atoms with Crippen LogP contribution in [0.2, 0.25) is 10.0 Å². The number of halogens is 2. The number of carbonyl (C=O) groups excluding carboxylic acids is 1. The standard InChI is InChI=1S/C17H20Cl2N2O3/c18-13-7-3-6-12(14(13)19)16(22)20-15-11(10-4-1-2-5-10)8-9-21(15)17(23)24/h3,6-7,10-11,15H,1-2,4-5,8-9H2,(H,20,22)(H,23,24)/t11-,15?/m0/s1. The molecule has 2 N–H and O–H groups in total. The van der Waals surface area contributed by atoms with Gasteiger partial charge < -0.3 is 10.4 Å². The molecule has 24 heavy (non-hydrogen) atoms. The zero-order chi connectivity index (χ0) is 17.3. The van der Waals surface area contributed by atoms with Crippen molar-refractivity contribution in [2.24, 2.45) is 11.8 Å². The fourth-order valence-corrected chi connectivity index (χ4v) is 4.37. The normalized spacial score (nSPS) is 24.3. The SMILES string of the molecule is O=C(NC1[C@H](C2CCCC2)CCN1C(=O)O)c1cccc(Cl)c1Cl. The summed E-state index contributed by atoms with van der Waals surface area (Å²) >= 11 is 12.1. The van der Waals surface area contributed by atoms with Gasteiger partial charge in [0.2, 0.25) is 0 Å². The van der Waals surface area contributed by atoms with Crippen LogP contribution in [-0.2, 0) is 0 Å². The molecule has 1 aliphatic heterocycles. The summed E-state index contributed by atoms with van der Waals surface area (Å²) in [6.07, 6.45) is 3.83. The molecular weight excluding hydrogens is 351 g/mol. The molecule has 1 aromatic rings. The number of benzene rings is 1. The number of carbonyl (C=O) groups is 2. The maximum Gasteiger partial charge on any atom is 0.408 e. The molecular formula is C17H20Cl2N2O3. The Labute approximate surface area is 150 Å². The predicted molar refractivity (Wildman–Crippen MR) is 92.5 cm³/mol. The first-order chi connectivity index (χ1) is 11.5. The van der Waals surface area contributed by atoms with Gasteiger partial charge in [0.1, 0.15) is 6.17 Å². The van der Waals surface area contributed by atoms with Crippen molar-refractivity contribution in [3.63, 3.8) is 0 Å². The van der Waals surface area contributed by atoms with Crippen LogP contribution in [0.15, 0.2) is 18.2 Å². The van der Waals surface area contributed by atoms with Gasteiger partial charge in [-0.2, -0.15) is 0 Å². The molecule has 5 nitrogen and oxygen atoms in total. The van der Waals surface area contributed by atoms with Crippen molar-refractivity contribution in [2.75, 3.05) is 6.54 Å². The molecule has 1 aromatic carbocycles. The van der Waals surface area contributed by atoms with E-state index in [9.17, 15) is 14.7 Å². The lowest BCUT2D eigenvalue weighted by atomic mass is 9.88. The van der Waals surface area contributed by atoms with Crippen molar-refractivity contribution in [3.05, 3.63) is 33.8 Å². The highest BCUT2D eigenvalue weighted by Gasteiger charge is 2.42. The second kappa shape index (κ2) is 7.19. The van der Waals surface area contributed by atoms with Crippen LogP contribution in [0, 0.1) is 11.8 Å². The minimum atomic E-state index is -1.00. The van der Waals surface area contributed by atoms with Gasteiger partial charge in [0, 0.05) is 12.5 Å². The molecule has 3 rings (SSSR count). The van der Waals surface area contributed by atoms with Gasteiger partial charge in [-0.25, -0.2) is 4.79 Å². The Morgan fingerprint density at radius 3 is 2.54 bits per heavy atom. The van der Waals surface area contributed by atoms with E-state index in [1.165, 1.54) is 17.7 Å². The average molecular weight is 371 g/mol. The molecule has 1 heterocycles. The molecule has 1 saturated carbocycles. The average Bonchev–Trinajstić information content (AvgIpc) is 3.18. The van der Waals surface area contributed by atoms with Crippen molar-refractivity contribution in [1.82, 2.24) is 10.2 Å². The van der Waals surface area contributed by atoms with E-state index in [-0.39, 0.29) is 22.4 Å². The zero-order valence-corrected chi connectivity index (χ0v) is 14.7. The number of carboxylic acid groups (broad SMARTS) is 1. The second-order valence-corrected chi connectivity index (χ2v) is 7.28. The van der Waals surface area contributed by atoms with Crippen molar-refractivity contribution < 1.29 is 14.7 Å². The van der Waals surface area contributed by atoms with Gasteiger partial charge >= 0.3 is 6.09 Å². The molecule has 2 amide bonds. The summed E-state index contributed by atoms with van der Waals surface area (Å²) < 4.78 is 0. The van der Waals surface area contributed by atoms with Crippen LogP contribution in [0.1, 0.15) is 42.5 Å². The molecule has 0 bridgehead atoms. The van der Waals surface area contributed by atoms with E-state index < -0.39 is 12.3 Å². The third kappa shape index (κ3) is 3.33. The molecule has 2 atom stereocenters. The van der Waals surface area contributed by atoms with E-state index in [0.29, 0.717) is 17.5 Å². The van der Waals surface area contributed by atoms with Crippen molar-refractivity contribution in [3.8, 4) is 0 Å². The summed E-state index contributed by atoms with van der Waals surface area (Å²) in [6, 6.07) is 4.86. The van der Waals surface area contributed by atoms with Gasteiger partial charge in [0.15, 0.2) is 0 Å². The Kier molecular flexibility index (Phi) is 5.21. The fourth-order valence-electron chi connectivity index (χ4n) is 3.99. The molecule has 0 radical (unpaired) electrons. The number of nitrogens with one attached hydrogen (secondary N) is 1. The van der Waals surface area contributed by atoms with E-state index in [1.54, 1.807) is 18.2 Å². The number of likely N-dealkylation sites (tertiary alicyclic amines) is 1. The summed E-state index contributed by atoms with van der Waals surface area (Å²) in [7, 11) is 0. The van der Waals surface area contributed by atoms with Crippen molar-refractivity contribution in [2.45, 2.75) is 38.3 Å². The molecule has 1 aliphatic carbocycles. The van der Waals surface area contributed by atoms with Crippen molar-refractivity contribution >= 4 is 35.2 Å². The first kappa shape index (κ1) is 17.4. The molecule has 2 aliphatic rings. The highest BCUT2D eigenvalue weighted by molar-refractivity contribution is 6.43. The van der Waals surface area contributed by atoms with E-state index in [4.69, 9.17) is 23.2 Å². The molecule has 0 spiro atoms. The number of rotatable bonds is 3. The van der Waals surface area contributed by atoms with Gasteiger partial charge in [-0.3, -0.25) is 9.69 Å². The molecule has 130 valence electrons. The summed E-state index contributed by atoms with van der Waals surface area (Å²) in [5.41, 5.74) is 0.270. The van der Waals surface area contributed by atoms with Gasteiger partial charge in [-0.05, 0) is 24.5 Å².